The minimum Gasteiger partial charge on any atom is -0.388 e. The Labute approximate surface area is 133 Å². The van der Waals surface area contributed by atoms with E-state index in [-0.39, 0.29) is 23.5 Å². The number of aromatic nitrogens is 3. The van der Waals surface area contributed by atoms with Crippen LogP contribution in [0.2, 0.25) is 0 Å². The molecule has 1 aliphatic heterocycles. The zero-order valence-electron chi connectivity index (χ0n) is 13.1. The lowest BCUT2D eigenvalue weighted by Crippen LogP contribution is -2.48. The van der Waals surface area contributed by atoms with E-state index in [0.29, 0.717) is 12.2 Å². The Balaban J connectivity index is 1.82. The molecule has 23 heavy (non-hydrogen) atoms. The van der Waals surface area contributed by atoms with Crippen molar-refractivity contribution in [2.24, 2.45) is 0 Å². The van der Waals surface area contributed by atoms with Crippen molar-refractivity contribution < 1.29 is 14.3 Å². The summed E-state index contributed by atoms with van der Waals surface area (Å²) in [7, 11) is 0. The van der Waals surface area contributed by atoms with E-state index < -0.39 is 5.60 Å². The average molecular weight is 318 g/mol. The Kier molecular flexibility index (Phi) is 3.89. The molecule has 1 saturated heterocycles. The maximum absolute atomic E-state index is 13.0. The number of hydrogen-bond donors (Lipinski definition) is 1. The smallest absolute Gasteiger partial charge is 0.276 e. The summed E-state index contributed by atoms with van der Waals surface area (Å²) < 4.78 is 13.0. The van der Waals surface area contributed by atoms with Gasteiger partial charge in [-0.25, -0.2) is 4.39 Å². The molecule has 1 unspecified atom stereocenters. The van der Waals surface area contributed by atoms with Crippen LogP contribution in [0.3, 0.4) is 0 Å². The van der Waals surface area contributed by atoms with E-state index in [0.717, 1.165) is 12.8 Å². The van der Waals surface area contributed by atoms with Gasteiger partial charge in [-0.1, -0.05) is 0 Å². The number of rotatable bonds is 3. The van der Waals surface area contributed by atoms with Crippen LogP contribution in [0.1, 0.15) is 37.2 Å². The normalized spacial score (nSPS) is 18.4. The van der Waals surface area contributed by atoms with Gasteiger partial charge in [-0.05, 0) is 51.0 Å². The molecule has 2 aromatic rings. The van der Waals surface area contributed by atoms with Crippen molar-refractivity contribution in [3.63, 3.8) is 0 Å². The van der Waals surface area contributed by atoms with Crippen molar-refractivity contribution in [3.05, 3.63) is 42.0 Å². The molecule has 0 radical (unpaired) electrons. The minimum atomic E-state index is -0.959. The van der Waals surface area contributed by atoms with Crippen LogP contribution in [0.4, 0.5) is 4.39 Å². The number of benzene rings is 1. The fourth-order valence-corrected chi connectivity index (χ4v) is 2.95. The van der Waals surface area contributed by atoms with E-state index in [1.807, 2.05) is 0 Å². The molecule has 7 heteroatoms. The third kappa shape index (κ3) is 3.10. The van der Waals surface area contributed by atoms with Gasteiger partial charge < -0.3 is 10.0 Å². The number of likely N-dealkylation sites (tertiary alicyclic amines) is 1. The predicted molar refractivity (Wildman–Crippen MR) is 81.7 cm³/mol. The third-order valence-corrected chi connectivity index (χ3v) is 4.10. The van der Waals surface area contributed by atoms with E-state index in [1.165, 1.54) is 23.1 Å². The van der Waals surface area contributed by atoms with Crippen LogP contribution in [0, 0.1) is 5.82 Å². The van der Waals surface area contributed by atoms with Crippen LogP contribution in [0.5, 0.6) is 0 Å². The minimum absolute atomic E-state index is 0.213. The highest BCUT2D eigenvalue weighted by molar-refractivity contribution is 5.92. The highest BCUT2D eigenvalue weighted by atomic mass is 19.1. The van der Waals surface area contributed by atoms with Crippen molar-refractivity contribution in [1.29, 1.82) is 0 Å². The maximum Gasteiger partial charge on any atom is 0.276 e. The lowest BCUT2D eigenvalue weighted by Gasteiger charge is -2.33. The molecular weight excluding hydrogens is 299 g/mol. The first-order valence-corrected chi connectivity index (χ1v) is 7.58. The molecular formula is C16H19FN4O2. The average Bonchev–Trinajstić information content (AvgIpc) is 3.16. The highest BCUT2D eigenvalue weighted by Crippen LogP contribution is 2.27. The second-order valence-corrected chi connectivity index (χ2v) is 6.31. The van der Waals surface area contributed by atoms with Crippen molar-refractivity contribution in [2.75, 3.05) is 6.54 Å². The van der Waals surface area contributed by atoms with Crippen LogP contribution >= 0.6 is 0 Å². The maximum atomic E-state index is 13.0. The Hall–Kier alpha value is -2.28. The van der Waals surface area contributed by atoms with Gasteiger partial charge in [-0.3, -0.25) is 4.79 Å². The summed E-state index contributed by atoms with van der Waals surface area (Å²) in [4.78, 5) is 15.6. The van der Waals surface area contributed by atoms with Gasteiger partial charge >= 0.3 is 0 Å². The molecule has 1 fully saturated rings. The van der Waals surface area contributed by atoms with Gasteiger partial charge in [0.25, 0.3) is 5.91 Å². The SMILES string of the molecule is CC(C)(O)C1CCCN1C(=O)c1cnn(-c2ccc(F)cc2)n1. The molecule has 1 atom stereocenters. The van der Waals surface area contributed by atoms with Crippen molar-refractivity contribution in [2.45, 2.75) is 38.3 Å². The summed E-state index contributed by atoms with van der Waals surface area (Å²) >= 11 is 0. The predicted octanol–water partition coefficient (Wildman–Crippen LogP) is 1.78. The van der Waals surface area contributed by atoms with E-state index in [2.05, 4.69) is 10.2 Å². The first kappa shape index (κ1) is 15.6. The Bertz CT molecular complexity index is 706. The summed E-state index contributed by atoms with van der Waals surface area (Å²) in [6.07, 6.45) is 3.01. The van der Waals surface area contributed by atoms with Crippen molar-refractivity contribution in [3.8, 4) is 5.69 Å². The fourth-order valence-electron chi connectivity index (χ4n) is 2.95. The molecule has 1 N–H and O–H groups in total. The topological polar surface area (TPSA) is 71.2 Å². The lowest BCUT2D eigenvalue weighted by atomic mass is 9.96. The quantitative estimate of drug-likeness (QED) is 0.936. The highest BCUT2D eigenvalue weighted by Gasteiger charge is 2.39. The monoisotopic (exact) mass is 318 g/mol. The second kappa shape index (κ2) is 5.73. The van der Waals surface area contributed by atoms with Gasteiger partial charge in [0.05, 0.1) is 23.5 Å². The summed E-state index contributed by atoms with van der Waals surface area (Å²) in [6, 6.07) is 5.47. The molecule has 0 bridgehead atoms. The number of nitrogens with zero attached hydrogens (tertiary/aromatic N) is 4. The first-order chi connectivity index (χ1) is 10.9. The third-order valence-electron chi connectivity index (χ3n) is 4.10. The number of carbonyl (C=O) groups excluding carboxylic acids is 1. The van der Waals surface area contributed by atoms with Crippen LogP contribution in [-0.4, -0.2) is 49.1 Å². The molecule has 3 rings (SSSR count). The Morgan fingerprint density at radius 1 is 1.35 bits per heavy atom. The van der Waals surface area contributed by atoms with Crippen LogP contribution < -0.4 is 0 Å². The molecule has 1 aromatic carbocycles. The van der Waals surface area contributed by atoms with Crippen molar-refractivity contribution >= 4 is 5.91 Å². The summed E-state index contributed by atoms with van der Waals surface area (Å²) in [5.74, 6) is -0.592. The zero-order valence-corrected chi connectivity index (χ0v) is 13.1. The van der Waals surface area contributed by atoms with E-state index in [9.17, 15) is 14.3 Å². The van der Waals surface area contributed by atoms with Gasteiger partial charge in [0.15, 0.2) is 5.69 Å². The van der Waals surface area contributed by atoms with E-state index in [4.69, 9.17) is 0 Å². The molecule has 0 spiro atoms. The van der Waals surface area contributed by atoms with Crippen LogP contribution in [0.15, 0.2) is 30.5 Å². The zero-order chi connectivity index (χ0) is 16.6. The second-order valence-electron chi connectivity index (χ2n) is 6.31. The summed E-state index contributed by atoms with van der Waals surface area (Å²) in [5, 5.41) is 18.5. The number of halogens is 1. The number of hydrogen-bond acceptors (Lipinski definition) is 4. The Morgan fingerprint density at radius 2 is 2.04 bits per heavy atom. The van der Waals surface area contributed by atoms with Gasteiger partial charge in [0.2, 0.25) is 0 Å². The summed E-state index contributed by atoms with van der Waals surface area (Å²) in [6.45, 7) is 4.01. The molecule has 1 aromatic heterocycles. The number of amides is 1. The lowest BCUT2D eigenvalue weighted by molar-refractivity contribution is 0.000102. The molecule has 1 aliphatic rings. The Morgan fingerprint density at radius 3 is 2.70 bits per heavy atom. The van der Waals surface area contributed by atoms with E-state index >= 15 is 0 Å². The van der Waals surface area contributed by atoms with Crippen LogP contribution in [-0.2, 0) is 0 Å². The standard InChI is InChI=1S/C16H19FN4O2/c1-16(2,23)14-4-3-9-20(14)15(22)13-10-18-21(19-13)12-7-5-11(17)6-8-12/h5-8,10,14,23H,3-4,9H2,1-2H3. The molecule has 0 aliphatic carbocycles. The van der Waals surface area contributed by atoms with Gasteiger partial charge in [0, 0.05) is 6.54 Å². The first-order valence-electron chi connectivity index (χ1n) is 7.58. The van der Waals surface area contributed by atoms with Gasteiger partial charge in [-0.15, -0.1) is 5.10 Å². The van der Waals surface area contributed by atoms with Gasteiger partial charge in [-0.2, -0.15) is 9.90 Å². The largest absolute Gasteiger partial charge is 0.388 e. The fraction of sp³-hybridized carbons (Fsp3) is 0.438. The van der Waals surface area contributed by atoms with Crippen LogP contribution in [0.25, 0.3) is 5.69 Å². The molecule has 122 valence electrons. The van der Waals surface area contributed by atoms with Gasteiger partial charge in [0.1, 0.15) is 5.82 Å². The molecule has 6 nitrogen and oxygen atoms in total. The number of aliphatic hydroxyl groups is 1. The molecule has 1 amide bonds. The molecule has 2 heterocycles. The van der Waals surface area contributed by atoms with Crippen molar-refractivity contribution in [1.82, 2.24) is 19.9 Å². The van der Waals surface area contributed by atoms with E-state index in [1.54, 1.807) is 30.9 Å². The number of carbonyl (C=O) groups is 1. The summed E-state index contributed by atoms with van der Waals surface area (Å²) in [5.41, 5.74) is -0.171. The molecule has 0 saturated carbocycles.